The highest BCUT2D eigenvalue weighted by Crippen LogP contribution is 2.10. The van der Waals surface area contributed by atoms with Crippen molar-refractivity contribution >= 4 is 11.6 Å². The highest BCUT2D eigenvalue weighted by atomic mass is 16.5. The summed E-state index contributed by atoms with van der Waals surface area (Å²) in [4.78, 5) is 8.09. The van der Waals surface area contributed by atoms with Crippen molar-refractivity contribution in [3.05, 3.63) is 12.4 Å². The molecule has 0 bridgehead atoms. The molecule has 1 unspecified atom stereocenters. The zero-order chi connectivity index (χ0) is 11.3. The first kappa shape index (κ1) is 11.7. The number of rotatable bonds is 5. The van der Waals surface area contributed by atoms with Crippen LogP contribution in [0.5, 0.6) is 0 Å². The average Bonchev–Trinajstić information content (AvgIpc) is 2.17. The second kappa shape index (κ2) is 5.50. The van der Waals surface area contributed by atoms with E-state index in [1.165, 1.54) is 6.20 Å². The molecule has 0 aliphatic rings. The summed E-state index contributed by atoms with van der Waals surface area (Å²) in [6.45, 7) is 4.88. The number of hydrogen-bond donors (Lipinski definition) is 2. The molecule has 0 aromatic carbocycles. The number of anilines is 2. The topological polar surface area (TPSA) is 73.1 Å². The van der Waals surface area contributed by atoms with Gasteiger partial charge in [0.1, 0.15) is 11.6 Å². The van der Waals surface area contributed by atoms with Gasteiger partial charge in [-0.15, -0.1) is 0 Å². The summed E-state index contributed by atoms with van der Waals surface area (Å²) in [6, 6.07) is 0.214. The highest BCUT2D eigenvalue weighted by molar-refractivity contribution is 5.39. The van der Waals surface area contributed by atoms with Gasteiger partial charge in [0.25, 0.3) is 0 Å². The van der Waals surface area contributed by atoms with Gasteiger partial charge in [-0.1, -0.05) is 13.8 Å². The molecule has 1 aromatic rings. The Morgan fingerprint density at radius 1 is 1.47 bits per heavy atom. The molecule has 1 aromatic heterocycles. The summed E-state index contributed by atoms with van der Waals surface area (Å²) in [5, 5.41) is 3.24. The Kier molecular flexibility index (Phi) is 4.30. The van der Waals surface area contributed by atoms with Crippen LogP contribution >= 0.6 is 0 Å². The first-order chi connectivity index (χ1) is 7.13. The van der Waals surface area contributed by atoms with Crippen LogP contribution in [0.25, 0.3) is 0 Å². The van der Waals surface area contributed by atoms with Gasteiger partial charge in [0.2, 0.25) is 0 Å². The van der Waals surface area contributed by atoms with Crippen LogP contribution in [0.15, 0.2) is 12.4 Å². The summed E-state index contributed by atoms with van der Waals surface area (Å²) in [6.07, 6.45) is 3.17. The van der Waals surface area contributed by atoms with E-state index in [1.54, 1.807) is 13.3 Å². The Labute approximate surface area is 90.1 Å². The lowest BCUT2D eigenvalue weighted by Crippen LogP contribution is -2.30. The van der Waals surface area contributed by atoms with Crippen LogP contribution in [-0.4, -0.2) is 29.7 Å². The molecule has 84 valence electrons. The Morgan fingerprint density at radius 3 is 2.73 bits per heavy atom. The summed E-state index contributed by atoms with van der Waals surface area (Å²) in [5.74, 6) is 1.55. The van der Waals surface area contributed by atoms with Crippen LogP contribution in [-0.2, 0) is 4.74 Å². The van der Waals surface area contributed by atoms with E-state index in [1.807, 2.05) is 0 Å². The fraction of sp³-hybridized carbons (Fsp3) is 0.600. The van der Waals surface area contributed by atoms with E-state index in [0.717, 1.165) is 0 Å². The number of nitrogen functional groups attached to an aromatic ring is 1. The van der Waals surface area contributed by atoms with Crippen molar-refractivity contribution in [2.75, 3.05) is 24.8 Å². The number of hydrogen-bond acceptors (Lipinski definition) is 5. The Morgan fingerprint density at radius 2 is 2.20 bits per heavy atom. The molecule has 0 saturated carbocycles. The molecule has 1 heterocycles. The summed E-state index contributed by atoms with van der Waals surface area (Å²) in [7, 11) is 1.68. The van der Waals surface area contributed by atoms with Crippen LogP contribution in [0.4, 0.5) is 11.6 Å². The molecule has 0 radical (unpaired) electrons. The van der Waals surface area contributed by atoms with Crippen molar-refractivity contribution in [2.24, 2.45) is 5.92 Å². The van der Waals surface area contributed by atoms with E-state index in [0.29, 0.717) is 24.2 Å². The normalized spacial score (nSPS) is 12.8. The minimum absolute atomic E-state index is 0.214. The molecule has 5 nitrogen and oxygen atoms in total. The maximum absolute atomic E-state index is 5.54. The second-order valence-electron chi connectivity index (χ2n) is 3.78. The van der Waals surface area contributed by atoms with Gasteiger partial charge in [-0.3, -0.25) is 4.98 Å². The number of nitrogens with two attached hydrogens (primary N) is 1. The van der Waals surface area contributed by atoms with Crippen LogP contribution in [0.3, 0.4) is 0 Å². The minimum atomic E-state index is 0.214. The summed E-state index contributed by atoms with van der Waals surface area (Å²) >= 11 is 0. The van der Waals surface area contributed by atoms with E-state index >= 15 is 0 Å². The third kappa shape index (κ3) is 3.71. The Bertz CT molecular complexity index is 303. The average molecular weight is 210 g/mol. The van der Waals surface area contributed by atoms with Crippen molar-refractivity contribution in [1.29, 1.82) is 0 Å². The fourth-order valence-corrected chi connectivity index (χ4v) is 1.22. The number of ether oxygens (including phenoxy) is 1. The Hall–Kier alpha value is -1.36. The molecular weight excluding hydrogens is 192 g/mol. The first-order valence-corrected chi connectivity index (χ1v) is 4.96. The molecule has 0 aliphatic heterocycles. The number of nitrogens with one attached hydrogen (secondary N) is 1. The van der Waals surface area contributed by atoms with Gasteiger partial charge in [-0.2, -0.15) is 0 Å². The predicted octanol–water partition coefficient (Wildman–Crippen LogP) is 1.14. The Balaban J connectivity index is 2.65. The van der Waals surface area contributed by atoms with E-state index < -0.39 is 0 Å². The van der Waals surface area contributed by atoms with Crippen molar-refractivity contribution < 1.29 is 4.74 Å². The van der Waals surface area contributed by atoms with Crippen LogP contribution < -0.4 is 11.1 Å². The molecule has 1 atom stereocenters. The molecule has 1 rings (SSSR count). The SMILES string of the molecule is COCC(Nc1cncc(N)n1)C(C)C. The summed E-state index contributed by atoms with van der Waals surface area (Å²) < 4.78 is 5.13. The third-order valence-corrected chi connectivity index (χ3v) is 2.14. The van der Waals surface area contributed by atoms with Crippen molar-refractivity contribution in [3.8, 4) is 0 Å². The van der Waals surface area contributed by atoms with E-state index in [2.05, 4.69) is 29.1 Å². The molecular formula is C10H18N4O. The third-order valence-electron chi connectivity index (χ3n) is 2.14. The van der Waals surface area contributed by atoms with E-state index in [-0.39, 0.29) is 6.04 Å². The maximum Gasteiger partial charge on any atom is 0.147 e. The maximum atomic E-state index is 5.54. The van der Waals surface area contributed by atoms with Crippen molar-refractivity contribution in [2.45, 2.75) is 19.9 Å². The first-order valence-electron chi connectivity index (χ1n) is 4.96. The largest absolute Gasteiger partial charge is 0.383 e. The number of nitrogens with zero attached hydrogens (tertiary/aromatic N) is 2. The quantitative estimate of drug-likeness (QED) is 0.762. The number of aromatic nitrogens is 2. The van der Waals surface area contributed by atoms with Gasteiger partial charge in [0, 0.05) is 7.11 Å². The van der Waals surface area contributed by atoms with Gasteiger partial charge >= 0.3 is 0 Å². The molecule has 0 spiro atoms. The molecule has 3 N–H and O–H groups in total. The smallest absolute Gasteiger partial charge is 0.147 e. The van der Waals surface area contributed by atoms with Crippen molar-refractivity contribution in [1.82, 2.24) is 9.97 Å². The monoisotopic (exact) mass is 210 g/mol. The van der Waals surface area contributed by atoms with Gasteiger partial charge in [0.15, 0.2) is 0 Å². The van der Waals surface area contributed by atoms with E-state index in [4.69, 9.17) is 10.5 Å². The van der Waals surface area contributed by atoms with Gasteiger partial charge < -0.3 is 15.8 Å². The van der Waals surface area contributed by atoms with Gasteiger partial charge in [0.05, 0.1) is 25.0 Å². The molecule has 0 fully saturated rings. The lowest BCUT2D eigenvalue weighted by atomic mass is 10.1. The van der Waals surface area contributed by atoms with Gasteiger partial charge in [-0.05, 0) is 5.92 Å². The van der Waals surface area contributed by atoms with Crippen LogP contribution in [0.2, 0.25) is 0 Å². The minimum Gasteiger partial charge on any atom is -0.383 e. The molecule has 0 saturated heterocycles. The molecule has 5 heteroatoms. The number of methoxy groups -OCH3 is 1. The lowest BCUT2D eigenvalue weighted by Gasteiger charge is -2.21. The second-order valence-corrected chi connectivity index (χ2v) is 3.78. The molecule has 15 heavy (non-hydrogen) atoms. The van der Waals surface area contributed by atoms with E-state index in [9.17, 15) is 0 Å². The van der Waals surface area contributed by atoms with Crippen molar-refractivity contribution in [3.63, 3.8) is 0 Å². The summed E-state index contributed by atoms with van der Waals surface area (Å²) in [5.41, 5.74) is 5.54. The molecule has 0 amide bonds. The van der Waals surface area contributed by atoms with Crippen LogP contribution in [0.1, 0.15) is 13.8 Å². The molecule has 0 aliphatic carbocycles. The standard InChI is InChI=1S/C10H18N4O/c1-7(2)8(6-15-3)13-10-5-12-4-9(11)14-10/h4-5,7-8H,6H2,1-3H3,(H3,11,13,14). The zero-order valence-electron chi connectivity index (χ0n) is 9.40. The predicted molar refractivity (Wildman–Crippen MR) is 60.6 cm³/mol. The van der Waals surface area contributed by atoms with Crippen LogP contribution in [0, 0.1) is 5.92 Å². The highest BCUT2D eigenvalue weighted by Gasteiger charge is 2.13. The van der Waals surface area contributed by atoms with Gasteiger partial charge in [-0.25, -0.2) is 4.98 Å². The zero-order valence-corrected chi connectivity index (χ0v) is 9.40. The fourth-order valence-electron chi connectivity index (χ4n) is 1.22. The lowest BCUT2D eigenvalue weighted by molar-refractivity contribution is 0.171.